The third kappa shape index (κ3) is 0.669. The van der Waals surface area contributed by atoms with Crippen LogP contribution in [-0.4, -0.2) is 25.5 Å². The zero-order chi connectivity index (χ0) is 7.03. The van der Waals surface area contributed by atoms with Gasteiger partial charge in [-0.15, -0.1) is 0 Å². The minimum Gasteiger partial charge on any atom is -0.354 e. The molecule has 3 nitrogen and oxygen atoms in total. The Morgan fingerprint density at radius 1 is 1.40 bits per heavy atom. The van der Waals surface area contributed by atoms with E-state index < -0.39 is 0 Å². The van der Waals surface area contributed by atoms with Gasteiger partial charge in [-0.05, 0) is 12.8 Å². The molecule has 3 heteroatoms. The second kappa shape index (κ2) is 1.95. The van der Waals surface area contributed by atoms with Gasteiger partial charge in [-0.1, -0.05) is 0 Å². The first kappa shape index (κ1) is 6.16. The summed E-state index contributed by atoms with van der Waals surface area (Å²) in [4.78, 5) is 11.1. The van der Waals surface area contributed by atoms with Crippen LogP contribution in [0.1, 0.15) is 12.8 Å². The van der Waals surface area contributed by atoms with Crippen LogP contribution >= 0.6 is 0 Å². The van der Waals surface area contributed by atoms with Crippen LogP contribution in [0.3, 0.4) is 0 Å². The van der Waals surface area contributed by atoms with Crippen LogP contribution in [0.15, 0.2) is 0 Å². The predicted molar refractivity (Wildman–Crippen MR) is 36.5 cm³/mol. The summed E-state index contributed by atoms with van der Waals surface area (Å²) in [7, 11) is 0. The lowest BCUT2D eigenvalue weighted by Gasteiger charge is -2.43. The van der Waals surface area contributed by atoms with Gasteiger partial charge in [0, 0.05) is 19.6 Å². The number of carbonyl (C=O) groups excluding carboxylic acids is 1. The molecular weight excluding hydrogens is 128 g/mol. The van der Waals surface area contributed by atoms with Crippen molar-refractivity contribution in [1.29, 1.82) is 0 Å². The maximum absolute atomic E-state index is 11.1. The minimum atomic E-state index is 0.0156. The Balaban J connectivity index is 2.06. The molecule has 0 saturated carbocycles. The monoisotopic (exact) mass is 139 g/mol. The zero-order valence-corrected chi connectivity index (χ0v) is 5.89. The van der Waals surface area contributed by atoms with Crippen LogP contribution in [0.2, 0.25) is 0 Å². The summed E-state index contributed by atoms with van der Waals surface area (Å²) in [5, 5.41) is 7.00. The fraction of sp³-hybridized carbons (Fsp3) is 0.857. The van der Waals surface area contributed by atoms with Crippen LogP contribution < -0.4 is 10.6 Å². The van der Waals surface area contributed by atoms with Crippen molar-refractivity contribution >= 4 is 5.91 Å². The van der Waals surface area contributed by atoms with Crippen molar-refractivity contribution in [3.63, 3.8) is 0 Å². The third-order valence-corrected chi connectivity index (χ3v) is 2.57. The summed E-state index contributed by atoms with van der Waals surface area (Å²) in [6.07, 6.45) is 1.94. The second-order valence-electron chi connectivity index (χ2n) is 3.13. The molecule has 2 rings (SSSR count). The summed E-state index contributed by atoms with van der Waals surface area (Å²) in [5.41, 5.74) is 0.0156. The lowest BCUT2D eigenvalue weighted by atomic mass is 9.73. The highest BCUT2D eigenvalue weighted by Gasteiger charge is 2.46. The number of hydrogen-bond acceptors (Lipinski definition) is 1. The molecule has 0 unspecified atom stereocenters. The first-order valence-corrected chi connectivity index (χ1v) is 3.75. The molecule has 2 saturated heterocycles. The van der Waals surface area contributed by atoms with Crippen molar-refractivity contribution < 1.29 is 4.79 Å². The molecule has 2 aliphatic rings. The van der Waals surface area contributed by atoms with Gasteiger partial charge in [-0.2, -0.15) is 0 Å². The zero-order valence-electron chi connectivity index (χ0n) is 5.89. The van der Waals surface area contributed by atoms with E-state index in [2.05, 4.69) is 10.6 Å². The number of nitrogens with zero attached hydrogens (tertiary/aromatic N) is 1. The van der Waals surface area contributed by atoms with E-state index in [-0.39, 0.29) is 11.3 Å². The smallest absolute Gasteiger partial charge is 0.228 e. The highest BCUT2D eigenvalue weighted by atomic mass is 16.2. The molecule has 1 amide bonds. The normalized spacial score (nSPS) is 29.4. The lowest BCUT2D eigenvalue weighted by molar-refractivity contribution is -0.142. The Labute approximate surface area is 60.2 Å². The van der Waals surface area contributed by atoms with Crippen molar-refractivity contribution in [3.05, 3.63) is 0 Å². The van der Waals surface area contributed by atoms with Crippen LogP contribution in [0.4, 0.5) is 0 Å². The Morgan fingerprint density at radius 3 is 2.40 bits per heavy atom. The van der Waals surface area contributed by atoms with Crippen LogP contribution in [0.5, 0.6) is 0 Å². The summed E-state index contributed by atoms with van der Waals surface area (Å²) < 4.78 is 0. The van der Waals surface area contributed by atoms with Crippen molar-refractivity contribution in [2.75, 3.05) is 19.6 Å². The van der Waals surface area contributed by atoms with Gasteiger partial charge in [0.1, 0.15) is 0 Å². The Kier molecular flexibility index (Phi) is 1.20. The van der Waals surface area contributed by atoms with Crippen molar-refractivity contribution in [2.24, 2.45) is 5.41 Å². The van der Waals surface area contributed by atoms with E-state index >= 15 is 0 Å². The molecule has 10 heavy (non-hydrogen) atoms. The highest BCUT2D eigenvalue weighted by Crippen LogP contribution is 2.33. The predicted octanol–water partition coefficient (Wildman–Crippen LogP) is -0.499. The van der Waals surface area contributed by atoms with E-state index in [4.69, 9.17) is 0 Å². The van der Waals surface area contributed by atoms with Gasteiger partial charge in [0.15, 0.2) is 0 Å². The summed E-state index contributed by atoms with van der Waals surface area (Å²) in [6.45, 7) is 2.65. The Morgan fingerprint density at radius 2 is 2.10 bits per heavy atom. The number of amides is 1. The molecule has 0 bridgehead atoms. The minimum absolute atomic E-state index is 0.0156. The molecule has 2 aliphatic heterocycles. The van der Waals surface area contributed by atoms with Crippen molar-refractivity contribution in [1.82, 2.24) is 10.6 Å². The number of piperidine rings is 1. The quantitative estimate of drug-likeness (QED) is 0.452. The van der Waals surface area contributed by atoms with E-state index in [1.165, 1.54) is 0 Å². The molecule has 2 fully saturated rings. The van der Waals surface area contributed by atoms with Gasteiger partial charge >= 0.3 is 0 Å². The number of rotatable bonds is 0. The maximum Gasteiger partial charge on any atom is 0.228 e. The number of nitrogens with one attached hydrogen (secondary N) is 1. The molecule has 0 aliphatic carbocycles. The topological polar surface area (TPSA) is 43.2 Å². The molecule has 2 heterocycles. The molecule has 1 spiro atoms. The third-order valence-electron chi connectivity index (χ3n) is 2.57. The van der Waals surface area contributed by atoms with Gasteiger partial charge in [0.25, 0.3) is 0 Å². The lowest BCUT2D eigenvalue weighted by Crippen LogP contribution is -2.61. The van der Waals surface area contributed by atoms with Gasteiger partial charge < -0.3 is 5.32 Å². The summed E-state index contributed by atoms with van der Waals surface area (Å²) >= 11 is 0. The average molecular weight is 139 g/mol. The highest BCUT2D eigenvalue weighted by molar-refractivity contribution is 5.88. The van der Waals surface area contributed by atoms with Crippen molar-refractivity contribution in [3.8, 4) is 0 Å². The SMILES string of the molecule is O=C1NCC12CC[N]CC2. The maximum atomic E-state index is 11.1. The molecule has 1 radical (unpaired) electrons. The molecule has 0 aromatic carbocycles. The molecule has 0 aromatic heterocycles. The van der Waals surface area contributed by atoms with E-state index in [1.54, 1.807) is 0 Å². The average Bonchev–Trinajstić information content (AvgIpc) is 2.04. The fourth-order valence-corrected chi connectivity index (χ4v) is 1.64. The van der Waals surface area contributed by atoms with E-state index in [0.717, 1.165) is 32.5 Å². The van der Waals surface area contributed by atoms with Gasteiger partial charge in [-0.25, -0.2) is 5.32 Å². The number of carbonyl (C=O) groups is 1. The first-order valence-electron chi connectivity index (χ1n) is 3.75. The van der Waals surface area contributed by atoms with E-state index in [9.17, 15) is 4.79 Å². The van der Waals surface area contributed by atoms with Gasteiger partial charge in [-0.3, -0.25) is 4.79 Å². The number of hydrogen-bond donors (Lipinski definition) is 1. The van der Waals surface area contributed by atoms with E-state index in [1.807, 2.05) is 0 Å². The summed E-state index contributed by atoms with van der Waals surface area (Å²) in [6, 6.07) is 0. The standard InChI is InChI=1S/C7H11N2O/c10-6-7(5-9-6)1-3-8-4-2-7/h1-5H2,(H,9,10). The molecule has 0 aromatic rings. The van der Waals surface area contributed by atoms with Crippen LogP contribution in [0.25, 0.3) is 0 Å². The van der Waals surface area contributed by atoms with Crippen LogP contribution in [-0.2, 0) is 4.79 Å². The van der Waals surface area contributed by atoms with Crippen molar-refractivity contribution in [2.45, 2.75) is 12.8 Å². The van der Waals surface area contributed by atoms with Gasteiger partial charge in [0.05, 0.1) is 5.41 Å². The molecule has 1 N–H and O–H groups in total. The van der Waals surface area contributed by atoms with Gasteiger partial charge in [0.2, 0.25) is 5.91 Å². The van der Waals surface area contributed by atoms with Crippen LogP contribution in [0, 0.1) is 5.41 Å². The molecular formula is C7H11N2O. The Bertz CT molecular complexity index is 161. The number of β-lactam (4-membered cyclic amide) rings is 1. The second-order valence-corrected chi connectivity index (χ2v) is 3.13. The molecule has 0 atom stereocenters. The molecule has 55 valence electrons. The first-order chi connectivity index (χ1) is 4.83. The fourth-order valence-electron chi connectivity index (χ4n) is 1.64. The Hall–Kier alpha value is -0.570. The van der Waals surface area contributed by atoms with E-state index in [0.29, 0.717) is 0 Å². The summed E-state index contributed by atoms with van der Waals surface area (Å²) in [5.74, 6) is 0.252. The largest absolute Gasteiger partial charge is 0.354 e.